The van der Waals surface area contributed by atoms with Crippen molar-refractivity contribution in [1.82, 2.24) is 10.7 Å². The number of hydrogen-bond donors (Lipinski definition) is 3. The molecule has 3 rings (SSSR count). The van der Waals surface area contributed by atoms with Crippen molar-refractivity contribution in [3.63, 3.8) is 0 Å². The maximum absolute atomic E-state index is 13.1. The summed E-state index contributed by atoms with van der Waals surface area (Å²) in [6.45, 7) is 5.48. The van der Waals surface area contributed by atoms with E-state index in [2.05, 4.69) is 10.7 Å². The summed E-state index contributed by atoms with van der Waals surface area (Å²) >= 11 is 0. The number of aliphatic hydroxyl groups is 1. The van der Waals surface area contributed by atoms with Crippen molar-refractivity contribution < 1.29 is 14.7 Å². The van der Waals surface area contributed by atoms with Gasteiger partial charge >= 0.3 is 0 Å². The molecule has 142 valence electrons. The number of anilines is 1. The van der Waals surface area contributed by atoms with Gasteiger partial charge in [-0.3, -0.25) is 15.0 Å². The Morgan fingerprint density at radius 2 is 1.74 bits per heavy atom. The summed E-state index contributed by atoms with van der Waals surface area (Å²) in [5.74, 6) is -0.921. The van der Waals surface area contributed by atoms with Crippen molar-refractivity contribution in [3.8, 4) is 11.1 Å². The van der Waals surface area contributed by atoms with Gasteiger partial charge in [-0.15, -0.1) is 0 Å². The number of aliphatic hydroxyl groups excluding tert-OH is 1. The molecule has 0 radical (unpaired) electrons. The van der Waals surface area contributed by atoms with Gasteiger partial charge in [0, 0.05) is 12.1 Å². The zero-order valence-electron chi connectivity index (χ0n) is 15.8. The minimum atomic E-state index is -0.560. The first kappa shape index (κ1) is 19.1. The molecule has 2 unspecified atom stereocenters. The molecule has 1 heterocycles. The van der Waals surface area contributed by atoms with E-state index in [1.165, 1.54) is 5.01 Å². The molecule has 0 fully saturated rings. The van der Waals surface area contributed by atoms with Gasteiger partial charge in [-0.25, -0.2) is 5.01 Å². The van der Waals surface area contributed by atoms with E-state index in [1.54, 1.807) is 13.8 Å². The lowest BCUT2D eigenvalue weighted by Crippen LogP contribution is -2.54. The standard InChI is InChI=1S/C21H25N3O3/c1-13(25)12-22-15(3)20(26)23-24-19-11-7-6-10-18(19)17-9-5-4-8-16(17)14(2)21(24)27/h4-11,13-15,22,25H,12H2,1-3H3,(H,23,26)/t13?,14?,15-/m0/s1. The number of fused-ring (bicyclic) bond motifs is 3. The number of para-hydroxylation sites is 1. The molecule has 3 N–H and O–H groups in total. The number of amides is 2. The predicted molar refractivity (Wildman–Crippen MR) is 105 cm³/mol. The SMILES string of the molecule is CC(O)CN[C@@H](C)C(=O)NN1C(=O)C(C)c2ccccc2-c2ccccc21. The van der Waals surface area contributed by atoms with Crippen LogP contribution in [0.2, 0.25) is 0 Å². The summed E-state index contributed by atoms with van der Waals surface area (Å²) in [7, 11) is 0. The molecule has 2 aromatic rings. The fourth-order valence-corrected chi connectivity index (χ4v) is 3.22. The van der Waals surface area contributed by atoms with Gasteiger partial charge in [0.15, 0.2) is 0 Å². The normalized spacial score (nSPS) is 18.1. The summed E-state index contributed by atoms with van der Waals surface area (Å²) in [4.78, 5) is 25.8. The van der Waals surface area contributed by atoms with Crippen LogP contribution in [0, 0.1) is 0 Å². The first-order valence-electron chi connectivity index (χ1n) is 9.14. The van der Waals surface area contributed by atoms with Crippen LogP contribution in [-0.2, 0) is 9.59 Å². The van der Waals surface area contributed by atoms with E-state index in [0.717, 1.165) is 16.7 Å². The number of hydrazine groups is 1. The molecule has 2 aromatic carbocycles. The summed E-state index contributed by atoms with van der Waals surface area (Å²) in [5.41, 5.74) is 6.23. The summed E-state index contributed by atoms with van der Waals surface area (Å²) in [6.07, 6.45) is -0.560. The van der Waals surface area contributed by atoms with E-state index >= 15 is 0 Å². The van der Waals surface area contributed by atoms with E-state index in [9.17, 15) is 14.7 Å². The Morgan fingerprint density at radius 3 is 2.44 bits per heavy atom. The zero-order valence-corrected chi connectivity index (χ0v) is 15.8. The van der Waals surface area contributed by atoms with Crippen molar-refractivity contribution >= 4 is 17.5 Å². The number of rotatable bonds is 5. The molecule has 6 heteroatoms. The summed E-state index contributed by atoms with van der Waals surface area (Å²) in [6, 6.07) is 14.8. The topological polar surface area (TPSA) is 81.7 Å². The molecule has 6 nitrogen and oxygen atoms in total. The van der Waals surface area contributed by atoms with Gasteiger partial charge in [0.25, 0.3) is 11.8 Å². The maximum Gasteiger partial charge on any atom is 0.255 e. The van der Waals surface area contributed by atoms with Crippen molar-refractivity contribution in [2.24, 2.45) is 0 Å². The summed E-state index contributed by atoms with van der Waals surface area (Å²) in [5, 5.41) is 13.7. The molecule has 0 aromatic heterocycles. The zero-order chi connectivity index (χ0) is 19.6. The van der Waals surface area contributed by atoms with Crippen LogP contribution >= 0.6 is 0 Å². The van der Waals surface area contributed by atoms with Crippen LogP contribution in [0.4, 0.5) is 5.69 Å². The fourth-order valence-electron chi connectivity index (χ4n) is 3.22. The lowest BCUT2D eigenvalue weighted by molar-refractivity contribution is -0.127. The largest absolute Gasteiger partial charge is 0.392 e. The molecule has 27 heavy (non-hydrogen) atoms. The van der Waals surface area contributed by atoms with E-state index < -0.39 is 18.1 Å². The van der Waals surface area contributed by atoms with Crippen molar-refractivity contribution in [3.05, 3.63) is 54.1 Å². The molecule has 0 spiro atoms. The van der Waals surface area contributed by atoms with Crippen LogP contribution < -0.4 is 15.8 Å². The molecular formula is C21H25N3O3. The Labute approximate surface area is 159 Å². The van der Waals surface area contributed by atoms with E-state index in [0.29, 0.717) is 12.2 Å². The van der Waals surface area contributed by atoms with Gasteiger partial charge in [0.2, 0.25) is 0 Å². The molecule has 3 atom stereocenters. The maximum atomic E-state index is 13.1. The molecular weight excluding hydrogens is 342 g/mol. The Morgan fingerprint density at radius 1 is 1.11 bits per heavy atom. The lowest BCUT2D eigenvalue weighted by Gasteiger charge is -2.27. The number of nitrogens with zero attached hydrogens (tertiary/aromatic N) is 1. The third kappa shape index (κ3) is 3.86. The highest BCUT2D eigenvalue weighted by Gasteiger charge is 2.32. The average molecular weight is 367 g/mol. The monoisotopic (exact) mass is 367 g/mol. The Kier molecular flexibility index (Phi) is 5.58. The van der Waals surface area contributed by atoms with Gasteiger partial charge in [0.1, 0.15) is 0 Å². The molecule has 0 aliphatic carbocycles. The minimum Gasteiger partial charge on any atom is -0.392 e. The van der Waals surface area contributed by atoms with Crippen molar-refractivity contribution in [1.29, 1.82) is 0 Å². The number of hydrogen-bond acceptors (Lipinski definition) is 4. The van der Waals surface area contributed by atoms with Crippen LogP contribution in [0.5, 0.6) is 0 Å². The molecule has 0 bridgehead atoms. The molecule has 1 aliphatic heterocycles. The Bertz CT molecular complexity index is 850. The summed E-state index contributed by atoms with van der Waals surface area (Å²) < 4.78 is 0. The fraction of sp³-hybridized carbons (Fsp3) is 0.333. The highest BCUT2D eigenvalue weighted by Crippen LogP contribution is 2.39. The van der Waals surface area contributed by atoms with Crippen LogP contribution in [0.15, 0.2) is 48.5 Å². The average Bonchev–Trinajstić information content (AvgIpc) is 2.76. The highest BCUT2D eigenvalue weighted by molar-refractivity contribution is 6.06. The quantitative estimate of drug-likeness (QED) is 0.757. The number of benzene rings is 2. The lowest BCUT2D eigenvalue weighted by atomic mass is 9.92. The first-order chi connectivity index (χ1) is 12.9. The van der Waals surface area contributed by atoms with Crippen LogP contribution in [0.25, 0.3) is 11.1 Å². The Hall–Kier alpha value is -2.70. The Balaban J connectivity index is 1.94. The molecule has 0 saturated heterocycles. The van der Waals surface area contributed by atoms with Gasteiger partial charge < -0.3 is 10.4 Å². The first-order valence-corrected chi connectivity index (χ1v) is 9.14. The number of carbonyl (C=O) groups excluding carboxylic acids is 2. The third-order valence-electron chi connectivity index (χ3n) is 4.79. The second-order valence-electron chi connectivity index (χ2n) is 6.95. The van der Waals surface area contributed by atoms with Crippen LogP contribution in [0.3, 0.4) is 0 Å². The van der Waals surface area contributed by atoms with Crippen LogP contribution in [-0.4, -0.2) is 35.6 Å². The highest BCUT2D eigenvalue weighted by atomic mass is 16.3. The van der Waals surface area contributed by atoms with Gasteiger partial charge in [-0.2, -0.15) is 0 Å². The van der Waals surface area contributed by atoms with Gasteiger partial charge in [0.05, 0.1) is 23.8 Å². The smallest absolute Gasteiger partial charge is 0.255 e. The second-order valence-corrected chi connectivity index (χ2v) is 6.95. The van der Waals surface area contributed by atoms with Crippen molar-refractivity contribution in [2.75, 3.05) is 11.6 Å². The van der Waals surface area contributed by atoms with E-state index in [-0.39, 0.29) is 11.8 Å². The molecule has 1 aliphatic rings. The third-order valence-corrected chi connectivity index (χ3v) is 4.79. The molecule has 2 amide bonds. The number of carbonyl (C=O) groups is 2. The van der Waals surface area contributed by atoms with E-state index in [1.807, 2.05) is 55.5 Å². The minimum absolute atomic E-state index is 0.191. The second kappa shape index (κ2) is 7.90. The van der Waals surface area contributed by atoms with E-state index in [4.69, 9.17) is 0 Å². The molecule has 0 saturated carbocycles. The van der Waals surface area contributed by atoms with Gasteiger partial charge in [-0.05, 0) is 38.0 Å². The van der Waals surface area contributed by atoms with Crippen LogP contribution in [0.1, 0.15) is 32.3 Å². The number of nitrogens with one attached hydrogen (secondary N) is 2. The van der Waals surface area contributed by atoms with Gasteiger partial charge in [-0.1, -0.05) is 42.5 Å². The predicted octanol–water partition coefficient (Wildman–Crippen LogP) is 2.19. The van der Waals surface area contributed by atoms with Crippen molar-refractivity contribution in [2.45, 2.75) is 38.8 Å².